The minimum Gasteiger partial charge on any atom is -0.454 e. The van der Waals surface area contributed by atoms with Gasteiger partial charge in [0.1, 0.15) is 6.04 Å². The molecule has 0 aromatic heterocycles. The summed E-state index contributed by atoms with van der Waals surface area (Å²) >= 11 is 0. The Kier molecular flexibility index (Phi) is 8.66. The van der Waals surface area contributed by atoms with E-state index in [1.54, 1.807) is 0 Å². The van der Waals surface area contributed by atoms with Gasteiger partial charge in [0, 0.05) is 12.1 Å². The van der Waals surface area contributed by atoms with Crippen LogP contribution in [-0.2, 0) is 38.4 Å². The first-order chi connectivity index (χ1) is 19.6. The normalized spacial score (nSPS) is 12.8. The molecular weight excluding hydrogens is 500 g/mol. The maximum Gasteiger partial charge on any atom is 0.329 e. The molecule has 4 aromatic rings. The molecule has 0 fully saturated rings. The number of fused-ring (bicyclic) bond motifs is 1. The fraction of sp³-hybridized carbons (Fsp3) is 0.206. The summed E-state index contributed by atoms with van der Waals surface area (Å²) in [6.07, 6.45) is 3.41. The van der Waals surface area contributed by atoms with Gasteiger partial charge >= 0.3 is 5.97 Å². The molecule has 0 unspecified atom stereocenters. The zero-order chi connectivity index (χ0) is 27.7. The van der Waals surface area contributed by atoms with Gasteiger partial charge in [-0.1, -0.05) is 97.1 Å². The van der Waals surface area contributed by atoms with Gasteiger partial charge < -0.3 is 15.4 Å². The number of benzene rings is 4. The molecule has 1 aliphatic carbocycles. The van der Waals surface area contributed by atoms with Gasteiger partial charge in [-0.3, -0.25) is 9.59 Å². The molecule has 0 spiro atoms. The molecule has 40 heavy (non-hydrogen) atoms. The van der Waals surface area contributed by atoms with E-state index in [1.165, 1.54) is 11.1 Å². The number of esters is 1. The van der Waals surface area contributed by atoms with Crippen molar-refractivity contribution < 1.29 is 19.1 Å². The van der Waals surface area contributed by atoms with Crippen LogP contribution in [0.15, 0.2) is 109 Å². The number of ether oxygens (including phenoxy) is 1. The van der Waals surface area contributed by atoms with Crippen LogP contribution in [-0.4, -0.2) is 30.4 Å². The van der Waals surface area contributed by atoms with E-state index in [4.69, 9.17) is 4.74 Å². The monoisotopic (exact) mass is 532 g/mol. The van der Waals surface area contributed by atoms with Crippen molar-refractivity contribution >= 4 is 23.5 Å². The average molecular weight is 533 g/mol. The van der Waals surface area contributed by atoms with Crippen molar-refractivity contribution in [3.8, 4) is 0 Å². The Balaban J connectivity index is 1.29. The number of anilines is 1. The highest BCUT2D eigenvalue weighted by atomic mass is 16.5. The zero-order valence-corrected chi connectivity index (χ0v) is 22.2. The van der Waals surface area contributed by atoms with Crippen LogP contribution in [0.4, 0.5) is 5.69 Å². The minimum atomic E-state index is -0.974. The first kappa shape index (κ1) is 26.9. The number of carbonyl (C=O) groups excluding carboxylic acids is 3. The van der Waals surface area contributed by atoms with Crippen LogP contribution in [0.1, 0.15) is 40.2 Å². The lowest BCUT2D eigenvalue weighted by molar-refractivity contribution is -0.150. The van der Waals surface area contributed by atoms with Crippen LogP contribution in [0.3, 0.4) is 0 Å². The number of rotatable bonds is 10. The molecular formula is C34H32N2O4. The minimum absolute atomic E-state index is 0.230. The van der Waals surface area contributed by atoms with E-state index in [9.17, 15) is 14.4 Å². The lowest BCUT2D eigenvalue weighted by Gasteiger charge is -2.23. The van der Waals surface area contributed by atoms with Crippen LogP contribution in [0.25, 0.3) is 0 Å². The molecule has 202 valence electrons. The number of carbonyl (C=O) groups is 3. The van der Waals surface area contributed by atoms with Gasteiger partial charge in [-0.05, 0) is 59.2 Å². The van der Waals surface area contributed by atoms with Crippen LogP contribution >= 0.6 is 0 Å². The van der Waals surface area contributed by atoms with Crippen molar-refractivity contribution in [1.29, 1.82) is 0 Å². The van der Waals surface area contributed by atoms with Crippen LogP contribution in [0.5, 0.6) is 0 Å². The van der Waals surface area contributed by atoms with Gasteiger partial charge in [0.2, 0.25) is 5.91 Å². The number of hydrogen-bond donors (Lipinski definition) is 2. The highest BCUT2D eigenvalue weighted by Crippen LogP contribution is 2.26. The Morgan fingerprint density at radius 3 is 1.98 bits per heavy atom. The predicted octanol–water partition coefficient (Wildman–Crippen LogP) is 5.22. The summed E-state index contributed by atoms with van der Waals surface area (Å²) in [5.74, 6) is -2.03. The maximum absolute atomic E-state index is 13.7. The Morgan fingerprint density at radius 2 is 1.32 bits per heavy atom. The summed E-state index contributed by atoms with van der Waals surface area (Å²) in [7, 11) is 0. The van der Waals surface area contributed by atoms with Crippen molar-refractivity contribution in [2.75, 3.05) is 11.9 Å². The van der Waals surface area contributed by atoms with E-state index in [0.717, 1.165) is 36.0 Å². The third-order valence-corrected chi connectivity index (χ3v) is 7.14. The smallest absolute Gasteiger partial charge is 0.329 e. The number of nitrogens with one attached hydrogen (secondary N) is 2. The first-order valence-corrected chi connectivity index (χ1v) is 13.6. The van der Waals surface area contributed by atoms with Crippen LogP contribution in [0.2, 0.25) is 0 Å². The fourth-order valence-corrected chi connectivity index (χ4v) is 5.17. The Bertz CT molecular complexity index is 1420. The predicted molar refractivity (Wildman–Crippen MR) is 155 cm³/mol. The van der Waals surface area contributed by atoms with E-state index < -0.39 is 30.4 Å². The van der Waals surface area contributed by atoms with E-state index in [2.05, 4.69) is 10.6 Å². The topological polar surface area (TPSA) is 84.5 Å². The fourth-order valence-electron chi connectivity index (χ4n) is 5.17. The van der Waals surface area contributed by atoms with Crippen molar-refractivity contribution in [3.63, 3.8) is 0 Å². The quantitative estimate of drug-likeness (QED) is 0.275. The molecule has 0 saturated carbocycles. The molecule has 6 nitrogen and oxygen atoms in total. The maximum atomic E-state index is 13.7. The molecule has 1 atom stereocenters. The molecule has 6 heteroatoms. The lowest BCUT2D eigenvalue weighted by atomic mass is 9.90. The molecule has 0 radical (unpaired) electrons. The molecule has 5 rings (SSSR count). The van der Waals surface area contributed by atoms with Gasteiger partial charge in [0.05, 0.1) is 5.92 Å². The van der Waals surface area contributed by atoms with E-state index in [1.807, 2.05) is 109 Å². The molecule has 1 aliphatic rings. The summed E-state index contributed by atoms with van der Waals surface area (Å²) < 4.78 is 5.43. The van der Waals surface area contributed by atoms with Crippen LogP contribution < -0.4 is 10.6 Å². The molecule has 2 N–H and O–H groups in total. The van der Waals surface area contributed by atoms with E-state index in [0.29, 0.717) is 5.69 Å². The Labute approximate surface area is 234 Å². The lowest BCUT2D eigenvalue weighted by Crippen LogP contribution is -2.46. The van der Waals surface area contributed by atoms with E-state index >= 15 is 0 Å². The summed E-state index contributed by atoms with van der Waals surface area (Å²) in [4.78, 5) is 39.6. The van der Waals surface area contributed by atoms with Crippen LogP contribution in [0, 0.1) is 0 Å². The van der Waals surface area contributed by atoms with Gasteiger partial charge in [-0.25, -0.2) is 4.79 Å². The molecule has 0 heterocycles. The highest BCUT2D eigenvalue weighted by molar-refractivity contribution is 5.94. The number of amides is 2. The van der Waals surface area contributed by atoms with Gasteiger partial charge in [-0.15, -0.1) is 0 Å². The second-order valence-electron chi connectivity index (χ2n) is 10.00. The summed E-state index contributed by atoms with van der Waals surface area (Å²) in [5.41, 5.74) is 5.73. The Hall–Kier alpha value is -4.71. The summed E-state index contributed by atoms with van der Waals surface area (Å²) in [6, 6.07) is 33.2. The third kappa shape index (κ3) is 6.83. The summed E-state index contributed by atoms with van der Waals surface area (Å²) in [6.45, 7) is -0.447. The molecule has 2 amide bonds. The second-order valence-corrected chi connectivity index (χ2v) is 10.00. The molecule has 4 aromatic carbocycles. The summed E-state index contributed by atoms with van der Waals surface area (Å²) in [5, 5.41) is 5.73. The van der Waals surface area contributed by atoms with Gasteiger partial charge in [0.15, 0.2) is 6.61 Å². The van der Waals surface area contributed by atoms with Crippen molar-refractivity contribution in [2.24, 2.45) is 0 Å². The molecule has 0 aliphatic heterocycles. The average Bonchev–Trinajstić information content (AvgIpc) is 3.45. The Morgan fingerprint density at radius 1 is 0.725 bits per heavy atom. The zero-order valence-electron chi connectivity index (χ0n) is 22.2. The first-order valence-electron chi connectivity index (χ1n) is 13.6. The molecule has 0 saturated heterocycles. The highest BCUT2D eigenvalue weighted by Gasteiger charge is 2.29. The molecule has 0 bridgehead atoms. The van der Waals surface area contributed by atoms with Gasteiger partial charge in [0.25, 0.3) is 5.91 Å². The largest absolute Gasteiger partial charge is 0.454 e. The van der Waals surface area contributed by atoms with Crippen molar-refractivity contribution in [3.05, 3.63) is 137 Å². The third-order valence-electron chi connectivity index (χ3n) is 7.14. The second kappa shape index (κ2) is 12.9. The number of hydrogen-bond acceptors (Lipinski definition) is 4. The van der Waals surface area contributed by atoms with Crippen molar-refractivity contribution in [1.82, 2.24) is 5.32 Å². The standard InChI is InChI=1S/C34H32N2O4/c37-31(35-29-20-19-25-17-10-18-28(25)22-29)23-40-34(39)30(21-24-11-4-1-5-12-24)36-33(38)32(26-13-6-2-7-14-26)27-15-8-3-9-16-27/h1-9,11-16,19-20,22,30,32H,10,17-18,21,23H2,(H,35,37)(H,36,38)/t30-/m0/s1. The SMILES string of the molecule is O=C(COC(=O)[C@H](Cc1ccccc1)NC(=O)C(c1ccccc1)c1ccccc1)Nc1ccc2c(c1)CCC2. The van der Waals surface area contributed by atoms with E-state index in [-0.39, 0.29) is 12.3 Å². The number of aryl methyl sites for hydroxylation is 2. The van der Waals surface area contributed by atoms with Crippen molar-refractivity contribution in [2.45, 2.75) is 37.6 Å². The van der Waals surface area contributed by atoms with Gasteiger partial charge in [-0.2, -0.15) is 0 Å².